The highest BCUT2D eigenvalue weighted by Gasteiger charge is 2.06. The molecule has 78 valence electrons. The molecular weight excluding hydrogens is 198 g/mol. The molecule has 3 nitrogen and oxygen atoms in total. The number of likely N-dealkylation sites (N-methyl/N-ethyl adjacent to an activating group) is 1. The van der Waals surface area contributed by atoms with E-state index in [0.717, 1.165) is 18.5 Å². The van der Waals surface area contributed by atoms with E-state index in [4.69, 9.17) is 4.55 Å². The first kappa shape index (κ1) is 11.4. The molecule has 0 spiro atoms. The molecule has 1 atom stereocenters. The minimum atomic E-state index is -1.87. The van der Waals surface area contributed by atoms with Gasteiger partial charge in [0.15, 0.2) is 11.1 Å². The lowest BCUT2D eigenvalue weighted by atomic mass is 10.1. The van der Waals surface area contributed by atoms with Crippen molar-refractivity contribution in [2.75, 3.05) is 20.6 Å². The number of benzene rings is 1. The van der Waals surface area contributed by atoms with Gasteiger partial charge in [-0.1, -0.05) is 18.2 Å². The van der Waals surface area contributed by atoms with Crippen LogP contribution in [0.5, 0.6) is 0 Å². The molecule has 0 fully saturated rings. The van der Waals surface area contributed by atoms with Gasteiger partial charge in [0.25, 0.3) is 0 Å². The van der Waals surface area contributed by atoms with Crippen LogP contribution in [0.2, 0.25) is 0 Å². The fourth-order valence-electron chi connectivity index (χ4n) is 1.22. The van der Waals surface area contributed by atoms with Gasteiger partial charge in [0, 0.05) is 6.54 Å². The monoisotopic (exact) mass is 213 g/mol. The fraction of sp³-hybridized carbons (Fsp3) is 0.400. The lowest BCUT2D eigenvalue weighted by Crippen LogP contribution is -2.15. The molecule has 0 radical (unpaired) electrons. The number of hydrogen-bond acceptors (Lipinski definition) is 2. The van der Waals surface area contributed by atoms with Crippen molar-refractivity contribution in [3.63, 3.8) is 0 Å². The number of nitrogens with zero attached hydrogens (tertiary/aromatic N) is 1. The Kier molecular flexibility index (Phi) is 4.25. The molecular formula is C10H15NO2S. The Morgan fingerprint density at radius 1 is 1.36 bits per heavy atom. The first-order valence-corrected chi connectivity index (χ1v) is 5.55. The summed E-state index contributed by atoms with van der Waals surface area (Å²) in [6, 6.07) is 7.26. The lowest BCUT2D eigenvalue weighted by molar-refractivity contribution is 0.412. The lowest BCUT2D eigenvalue weighted by Gasteiger charge is -2.10. The zero-order valence-electron chi connectivity index (χ0n) is 8.43. The summed E-state index contributed by atoms with van der Waals surface area (Å²) in [5.41, 5.74) is 0.946. The Bertz CT molecular complexity index is 326. The Labute approximate surface area is 87.0 Å². The van der Waals surface area contributed by atoms with Crippen molar-refractivity contribution >= 4 is 11.1 Å². The van der Waals surface area contributed by atoms with E-state index in [9.17, 15) is 4.21 Å². The molecule has 0 aromatic heterocycles. The van der Waals surface area contributed by atoms with Crippen LogP contribution in [0.4, 0.5) is 0 Å². The predicted octanol–water partition coefficient (Wildman–Crippen LogP) is 1.37. The van der Waals surface area contributed by atoms with Gasteiger partial charge in [-0.2, -0.15) is 0 Å². The van der Waals surface area contributed by atoms with E-state index in [1.54, 1.807) is 12.1 Å². The second kappa shape index (κ2) is 5.24. The summed E-state index contributed by atoms with van der Waals surface area (Å²) in [6.45, 7) is 0.883. The van der Waals surface area contributed by atoms with Crippen molar-refractivity contribution in [3.05, 3.63) is 29.8 Å². The van der Waals surface area contributed by atoms with Crippen LogP contribution in [0.25, 0.3) is 0 Å². The Balaban J connectivity index is 2.79. The summed E-state index contributed by atoms with van der Waals surface area (Å²) in [4.78, 5) is 2.58. The molecule has 0 saturated carbocycles. The predicted molar refractivity (Wildman–Crippen MR) is 57.7 cm³/mol. The zero-order chi connectivity index (χ0) is 10.6. The molecule has 1 aromatic carbocycles. The van der Waals surface area contributed by atoms with Gasteiger partial charge >= 0.3 is 0 Å². The third-order valence-electron chi connectivity index (χ3n) is 1.99. The molecule has 0 aliphatic heterocycles. The molecule has 0 aliphatic carbocycles. The van der Waals surface area contributed by atoms with Gasteiger partial charge in [-0.15, -0.1) is 0 Å². The maximum atomic E-state index is 11.0. The molecule has 0 aliphatic rings. The van der Waals surface area contributed by atoms with Gasteiger partial charge in [0.1, 0.15) is 0 Å². The summed E-state index contributed by atoms with van der Waals surface area (Å²) >= 11 is -1.87. The SMILES string of the molecule is CN(C)CCc1ccccc1S(=O)O. The topological polar surface area (TPSA) is 40.5 Å². The van der Waals surface area contributed by atoms with E-state index in [0.29, 0.717) is 4.90 Å². The largest absolute Gasteiger partial charge is 0.309 e. The van der Waals surface area contributed by atoms with Gasteiger partial charge < -0.3 is 9.45 Å². The van der Waals surface area contributed by atoms with Gasteiger partial charge in [-0.05, 0) is 32.1 Å². The van der Waals surface area contributed by atoms with Crippen LogP contribution >= 0.6 is 0 Å². The Morgan fingerprint density at radius 2 is 2.00 bits per heavy atom. The maximum Gasteiger partial charge on any atom is 0.186 e. The summed E-state index contributed by atoms with van der Waals surface area (Å²) in [6.07, 6.45) is 0.801. The van der Waals surface area contributed by atoms with E-state index < -0.39 is 11.1 Å². The van der Waals surface area contributed by atoms with Crippen LogP contribution < -0.4 is 0 Å². The van der Waals surface area contributed by atoms with E-state index >= 15 is 0 Å². The number of rotatable bonds is 4. The van der Waals surface area contributed by atoms with E-state index in [1.807, 2.05) is 26.2 Å². The van der Waals surface area contributed by atoms with Crippen LogP contribution in [0.1, 0.15) is 5.56 Å². The van der Waals surface area contributed by atoms with E-state index in [2.05, 4.69) is 4.90 Å². The average molecular weight is 213 g/mol. The average Bonchev–Trinajstić information content (AvgIpc) is 2.15. The Hall–Kier alpha value is -0.710. The van der Waals surface area contributed by atoms with Crippen LogP contribution in [0.15, 0.2) is 29.2 Å². The van der Waals surface area contributed by atoms with Crippen molar-refractivity contribution in [2.24, 2.45) is 0 Å². The fourth-order valence-corrected chi connectivity index (χ4v) is 1.81. The quantitative estimate of drug-likeness (QED) is 0.768. The molecule has 14 heavy (non-hydrogen) atoms. The van der Waals surface area contributed by atoms with Crippen molar-refractivity contribution < 1.29 is 8.76 Å². The van der Waals surface area contributed by atoms with Crippen LogP contribution in [-0.2, 0) is 17.5 Å². The van der Waals surface area contributed by atoms with Crippen LogP contribution in [-0.4, -0.2) is 34.3 Å². The molecule has 0 saturated heterocycles. The standard InChI is InChI=1S/C10H15NO2S/c1-11(2)8-7-9-5-3-4-6-10(9)14(12)13/h3-6H,7-8H2,1-2H3,(H,12,13). The van der Waals surface area contributed by atoms with Crippen LogP contribution in [0.3, 0.4) is 0 Å². The molecule has 1 unspecified atom stereocenters. The summed E-state index contributed by atoms with van der Waals surface area (Å²) < 4.78 is 20.0. The molecule has 0 bridgehead atoms. The van der Waals surface area contributed by atoms with Gasteiger partial charge in [-0.3, -0.25) is 0 Å². The summed E-state index contributed by atoms with van der Waals surface area (Å²) in [5.74, 6) is 0. The number of hydrogen-bond donors (Lipinski definition) is 1. The molecule has 4 heteroatoms. The molecule has 1 N–H and O–H groups in total. The van der Waals surface area contributed by atoms with E-state index in [-0.39, 0.29) is 0 Å². The summed E-state index contributed by atoms with van der Waals surface area (Å²) in [7, 11) is 3.97. The van der Waals surface area contributed by atoms with Crippen molar-refractivity contribution in [3.8, 4) is 0 Å². The van der Waals surface area contributed by atoms with Gasteiger partial charge in [0.05, 0.1) is 4.90 Å². The molecule has 0 amide bonds. The highest BCUT2D eigenvalue weighted by atomic mass is 32.2. The minimum Gasteiger partial charge on any atom is -0.309 e. The third kappa shape index (κ3) is 3.21. The van der Waals surface area contributed by atoms with Crippen molar-refractivity contribution in [2.45, 2.75) is 11.3 Å². The zero-order valence-corrected chi connectivity index (χ0v) is 9.25. The van der Waals surface area contributed by atoms with Crippen LogP contribution in [0, 0.1) is 0 Å². The van der Waals surface area contributed by atoms with Crippen molar-refractivity contribution in [1.29, 1.82) is 0 Å². The second-order valence-corrected chi connectivity index (χ2v) is 4.35. The highest BCUT2D eigenvalue weighted by Crippen LogP contribution is 2.12. The normalized spacial score (nSPS) is 13.1. The summed E-state index contributed by atoms with van der Waals surface area (Å²) in [5, 5.41) is 0. The van der Waals surface area contributed by atoms with E-state index in [1.165, 1.54) is 0 Å². The van der Waals surface area contributed by atoms with Gasteiger partial charge in [0.2, 0.25) is 0 Å². The molecule has 1 rings (SSSR count). The smallest absolute Gasteiger partial charge is 0.186 e. The first-order valence-electron chi connectivity index (χ1n) is 4.44. The minimum absolute atomic E-state index is 0.523. The van der Waals surface area contributed by atoms with Crippen molar-refractivity contribution in [1.82, 2.24) is 4.90 Å². The highest BCUT2D eigenvalue weighted by molar-refractivity contribution is 7.79. The maximum absolute atomic E-state index is 11.0. The second-order valence-electron chi connectivity index (χ2n) is 3.41. The third-order valence-corrected chi connectivity index (χ3v) is 2.76. The molecule has 0 heterocycles. The Morgan fingerprint density at radius 3 is 2.57 bits per heavy atom. The van der Waals surface area contributed by atoms with Gasteiger partial charge in [-0.25, -0.2) is 4.21 Å². The molecule has 1 aromatic rings. The first-order chi connectivity index (χ1) is 6.61.